The standard InChI is InChI=1S/C9H16N2O2/c1-2-3-6-11-8(12)5-4-7(10)9(11)13/h7H,2-6,10H2,1H3. The first-order valence-corrected chi connectivity index (χ1v) is 4.76. The Morgan fingerprint density at radius 3 is 2.85 bits per heavy atom. The lowest BCUT2D eigenvalue weighted by atomic mass is 10.0. The second kappa shape index (κ2) is 4.37. The highest BCUT2D eigenvalue weighted by Crippen LogP contribution is 2.12. The maximum Gasteiger partial charge on any atom is 0.246 e. The Hall–Kier alpha value is -0.900. The van der Waals surface area contributed by atoms with Crippen LogP contribution in [0.5, 0.6) is 0 Å². The van der Waals surface area contributed by atoms with E-state index in [9.17, 15) is 9.59 Å². The van der Waals surface area contributed by atoms with Gasteiger partial charge in [-0.2, -0.15) is 0 Å². The van der Waals surface area contributed by atoms with Crippen molar-refractivity contribution in [1.82, 2.24) is 4.90 Å². The molecule has 0 aromatic carbocycles. The minimum atomic E-state index is -0.463. The number of nitrogens with zero attached hydrogens (tertiary/aromatic N) is 1. The molecule has 1 atom stereocenters. The van der Waals surface area contributed by atoms with Crippen molar-refractivity contribution in [3.8, 4) is 0 Å². The van der Waals surface area contributed by atoms with E-state index < -0.39 is 6.04 Å². The van der Waals surface area contributed by atoms with Crippen LogP contribution in [0.3, 0.4) is 0 Å². The molecule has 1 unspecified atom stereocenters. The van der Waals surface area contributed by atoms with Gasteiger partial charge in [0, 0.05) is 13.0 Å². The number of rotatable bonds is 3. The molecule has 2 amide bonds. The highest BCUT2D eigenvalue weighted by Gasteiger charge is 2.30. The van der Waals surface area contributed by atoms with Crippen LogP contribution in [0.25, 0.3) is 0 Å². The molecule has 0 radical (unpaired) electrons. The van der Waals surface area contributed by atoms with E-state index in [0.717, 1.165) is 12.8 Å². The molecule has 1 rings (SSSR count). The molecule has 4 heteroatoms. The van der Waals surface area contributed by atoms with Crippen LogP contribution in [0, 0.1) is 0 Å². The molecule has 1 heterocycles. The molecule has 2 N–H and O–H groups in total. The Labute approximate surface area is 78.1 Å². The van der Waals surface area contributed by atoms with E-state index in [4.69, 9.17) is 5.73 Å². The molecule has 0 saturated carbocycles. The van der Waals surface area contributed by atoms with Gasteiger partial charge in [0.2, 0.25) is 11.8 Å². The topological polar surface area (TPSA) is 63.4 Å². The highest BCUT2D eigenvalue weighted by atomic mass is 16.2. The van der Waals surface area contributed by atoms with Gasteiger partial charge < -0.3 is 5.73 Å². The predicted molar refractivity (Wildman–Crippen MR) is 48.8 cm³/mol. The number of hydrogen-bond acceptors (Lipinski definition) is 3. The second-order valence-corrected chi connectivity index (χ2v) is 3.38. The fourth-order valence-corrected chi connectivity index (χ4v) is 1.41. The van der Waals surface area contributed by atoms with E-state index >= 15 is 0 Å². The Morgan fingerprint density at radius 1 is 1.54 bits per heavy atom. The third kappa shape index (κ3) is 2.28. The first-order valence-electron chi connectivity index (χ1n) is 4.76. The fourth-order valence-electron chi connectivity index (χ4n) is 1.41. The Bertz CT molecular complexity index is 216. The summed E-state index contributed by atoms with van der Waals surface area (Å²) >= 11 is 0. The molecule has 1 aliphatic rings. The van der Waals surface area contributed by atoms with Crippen molar-refractivity contribution in [2.45, 2.75) is 38.6 Å². The molecule has 1 fully saturated rings. The molecule has 0 bridgehead atoms. The number of piperidine rings is 1. The molecule has 0 aliphatic carbocycles. The van der Waals surface area contributed by atoms with Gasteiger partial charge in [-0.1, -0.05) is 13.3 Å². The predicted octanol–water partition coefficient (Wildman–Crippen LogP) is 0.263. The van der Waals surface area contributed by atoms with Crippen molar-refractivity contribution in [3.05, 3.63) is 0 Å². The summed E-state index contributed by atoms with van der Waals surface area (Å²) in [6.45, 7) is 2.56. The van der Waals surface area contributed by atoms with Crippen LogP contribution in [-0.4, -0.2) is 29.3 Å². The van der Waals surface area contributed by atoms with Gasteiger partial charge in [0.15, 0.2) is 0 Å². The summed E-state index contributed by atoms with van der Waals surface area (Å²) in [4.78, 5) is 24.0. The fraction of sp³-hybridized carbons (Fsp3) is 0.778. The number of carbonyl (C=O) groups is 2. The molecule has 74 valence electrons. The van der Waals surface area contributed by atoms with Crippen molar-refractivity contribution in [2.24, 2.45) is 5.73 Å². The highest BCUT2D eigenvalue weighted by molar-refractivity contribution is 6.00. The van der Waals surface area contributed by atoms with Gasteiger partial charge in [-0.05, 0) is 12.8 Å². The zero-order chi connectivity index (χ0) is 9.84. The number of hydrogen-bond donors (Lipinski definition) is 1. The van der Waals surface area contributed by atoms with Crippen LogP contribution in [0.2, 0.25) is 0 Å². The molecular formula is C9H16N2O2. The van der Waals surface area contributed by atoms with E-state index in [1.807, 2.05) is 6.92 Å². The normalized spacial score (nSPS) is 23.8. The minimum Gasteiger partial charge on any atom is -0.320 e. The Kier molecular flexibility index (Phi) is 3.42. The van der Waals surface area contributed by atoms with Gasteiger partial charge in [0.25, 0.3) is 0 Å². The Morgan fingerprint density at radius 2 is 2.23 bits per heavy atom. The van der Waals surface area contributed by atoms with E-state index in [0.29, 0.717) is 19.4 Å². The summed E-state index contributed by atoms with van der Waals surface area (Å²) in [5.74, 6) is -0.273. The van der Waals surface area contributed by atoms with E-state index in [1.54, 1.807) is 0 Å². The molecule has 0 aromatic rings. The number of carbonyl (C=O) groups excluding carboxylic acids is 2. The molecule has 0 aromatic heterocycles. The Balaban J connectivity index is 2.56. The molecule has 1 saturated heterocycles. The van der Waals surface area contributed by atoms with Crippen LogP contribution in [0.1, 0.15) is 32.6 Å². The number of unbranched alkanes of at least 4 members (excludes halogenated alkanes) is 1. The number of amides is 2. The van der Waals surface area contributed by atoms with Crippen molar-refractivity contribution in [2.75, 3.05) is 6.54 Å². The lowest BCUT2D eigenvalue weighted by Gasteiger charge is -2.28. The zero-order valence-electron chi connectivity index (χ0n) is 7.95. The van der Waals surface area contributed by atoms with E-state index in [-0.39, 0.29) is 11.8 Å². The van der Waals surface area contributed by atoms with E-state index in [2.05, 4.69) is 0 Å². The van der Waals surface area contributed by atoms with Crippen LogP contribution in [0.15, 0.2) is 0 Å². The summed E-state index contributed by atoms with van der Waals surface area (Å²) < 4.78 is 0. The van der Waals surface area contributed by atoms with Crippen LogP contribution < -0.4 is 5.73 Å². The minimum absolute atomic E-state index is 0.0693. The van der Waals surface area contributed by atoms with Gasteiger partial charge in [-0.3, -0.25) is 14.5 Å². The van der Waals surface area contributed by atoms with Crippen LogP contribution >= 0.6 is 0 Å². The summed E-state index contributed by atoms with van der Waals surface area (Å²) in [5.41, 5.74) is 5.56. The smallest absolute Gasteiger partial charge is 0.246 e. The number of likely N-dealkylation sites (tertiary alicyclic amines) is 1. The quantitative estimate of drug-likeness (QED) is 0.640. The second-order valence-electron chi connectivity index (χ2n) is 3.38. The van der Waals surface area contributed by atoms with Crippen molar-refractivity contribution >= 4 is 11.8 Å². The van der Waals surface area contributed by atoms with Gasteiger partial charge in [-0.15, -0.1) is 0 Å². The van der Waals surface area contributed by atoms with Gasteiger partial charge in [-0.25, -0.2) is 0 Å². The lowest BCUT2D eigenvalue weighted by Crippen LogP contribution is -2.51. The van der Waals surface area contributed by atoms with Crippen LogP contribution in [0.4, 0.5) is 0 Å². The molecule has 13 heavy (non-hydrogen) atoms. The average Bonchev–Trinajstić information content (AvgIpc) is 2.12. The first-order chi connectivity index (χ1) is 6.16. The average molecular weight is 184 g/mol. The maximum absolute atomic E-state index is 11.4. The van der Waals surface area contributed by atoms with Gasteiger partial charge in [0.1, 0.15) is 0 Å². The van der Waals surface area contributed by atoms with Crippen molar-refractivity contribution in [3.63, 3.8) is 0 Å². The summed E-state index contributed by atoms with van der Waals surface area (Å²) in [5, 5.41) is 0. The SMILES string of the molecule is CCCCN1C(=O)CCC(N)C1=O. The summed E-state index contributed by atoms with van der Waals surface area (Å²) in [6.07, 6.45) is 2.76. The number of imide groups is 1. The number of nitrogens with two attached hydrogens (primary N) is 1. The summed E-state index contributed by atoms with van der Waals surface area (Å²) in [7, 11) is 0. The van der Waals surface area contributed by atoms with E-state index in [1.165, 1.54) is 4.90 Å². The third-order valence-corrected chi connectivity index (χ3v) is 2.29. The zero-order valence-corrected chi connectivity index (χ0v) is 7.95. The third-order valence-electron chi connectivity index (χ3n) is 2.29. The molecule has 1 aliphatic heterocycles. The summed E-state index contributed by atoms with van der Waals surface area (Å²) in [6, 6.07) is -0.463. The van der Waals surface area contributed by atoms with Crippen molar-refractivity contribution < 1.29 is 9.59 Å². The van der Waals surface area contributed by atoms with Gasteiger partial charge in [0.05, 0.1) is 6.04 Å². The maximum atomic E-state index is 11.4. The molecule has 4 nitrogen and oxygen atoms in total. The lowest BCUT2D eigenvalue weighted by molar-refractivity contribution is -0.149. The largest absolute Gasteiger partial charge is 0.320 e. The van der Waals surface area contributed by atoms with Crippen LogP contribution in [-0.2, 0) is 9.59 Å². The monoisotopic (exact) mass is 184 g/mol. The molecule has 0 spiro atoms. The molecular weight excluding hydrogens is 168 g/mol. The first kappa shape index (κ1) is 10.2. The van der Waals surface area contributed by atoms with Gasteiger partial charge >= 0.3 is 0 Å². The van der Waals surface area contributed by atoms with Crippen molar-refractivity contribution in [1.29, 1.82) is 0 Å².